The van der Waals surface area contributed by atoms with E-state index in [9.17, 15) is 36.2 Å². The molecule has 8 nitrogen and oxygen atoms in total. The first-order valence-electron chi connectivity index (χ1n) is 11.9. The lowest BCUT2D eigenvalue weighted by Gasteiger charge is -2.32. The quantitative estimate of drug-likeness (QED) is 0.367. The number of carbonyl (C=O) groups is 1. The molecule has 2 aromatic carbocycles. The summed E-state index contributed by atoms with van der Waals surface area (Å²) in [6.45, 7) is 3.24. The Balaban J connectivity index is 0.000000232. The number of anilines is 1. The van der Waals surface area contributed by atoms with Crippen LogP contribution in [-0.2, 0) is 18.9 Å². The highest BCUT2D eigenvalue weighted by atomic mass is 19.4. The molecular formula is C26H26F6N5O3-. The summed E-state index contributed by atoms with van der Waals surface area (Å²) in [6, 6.07) is 10.4. The minimum Gasteiger partial charge on any atom is -0.661 e. The summed E-state index contributed by atoms with van der Waals surface area (Å²) in [5, 5.41) is 12.8. The molecule has 1 aliphatic heterocycles. The fourth-order valence-electron chi connectivity index (χ4n) is 3.63. The summed E-state index contributed by atoms with van der Waals surface area (Å²) in [7, 11) is 3.38. The zero-order valence-corrected chi connectivity index (χ0v) is 21.5. The molecule has 0 radical (unpaired) electrons. The third kappa shape index (κ3) is 8.55. The highest BCUT2D eigenvalue weighted by molar-refractivity contribution is 5.90. The van der Waals surface area contributed by atoms with E-state index in [-0.39, 0.29) is 29.6 Å². The Morgan fingerprint density at radius 1 is 0.975 bits per heavy atom. The van der Waals surface area contributed by atoms with E-state index in [0.29, 0.717) is 23.8 Å². The smallest absolute Gasteiger partial charge is 0.416 e. The summed E-state index contributed by atoms with van der Waals surface area (Å²) in [4.78, 5) is 24.1. The molecule has 0 aliphatic carbocycles. The third-order valence-electron chi connectivity index (χ3n) is 5.70. The van der Waals surface area contributed by atoms with Gasteiger partial charge in [-0.3, -0.25) is 0 Å². The van der Waals surface area contributed by atoms with Crippen molar-refractivity contribution in [2.75, 3.05) is 45.2 Å². The molecule has 1 fully saturated rings. The maximum absolute atomic E-state index is 12.4. The fourth-order valence-corrected chi connectivity index (χ4v) is 3.63. The topological polar surface area (TPSA) is 92.9 Å². The molecule has 3 aromatic rings. The van der Waals surface area contributed by atoms with Crippen molar-refractivity contribution in [2.24, 2.45) is 0 Å². The van der Waals surface area contributed by atoms with E-state index in [0.717, 1.165) is 26.2 Å². The molecular weight excluding hydrogens is 544 g/mol. The predicted octanol–water partition coefficient (Wildman–Crippen LogP) is 5.95. The molecule has 1 N–H and O–H groups in total. The van der Waals surface area contributed by atoms with Gasteiger partial charge >= 0.3 is 18.3 Å². The van der Waals surface area contributed by atoms with Gasteiger partial charge in [0.05, 0.1) is 17.3 Å². The minimum atomic E-state index is -4.80. The van der Waals surface area contributed by atoms with E-state index in [4.69, 9.17) is 4.74 Å². The van der Waals surface area contributed by atoms with Crippen LogP contribution in [0.3, 0.4) is 0 Å². The minimum absolute atomic E-state index is 0.0493. The van der Waals surface area contributed by atoms with Gasteiger partial charge in [-0.1, -0.05) is 23.8 Å². The zero-order valence-electron chi connectivity index (χ0n) is 21.5. The zero-order chi connectivity index (χ0) is 29.5. The van der Waals surface area contributed by atoms with Gasteiger partial charge in [-0.2, -0.15) is 38.4 Å². The first-order chi connectivity index (χ1) is 18.8. The highest BCUT2D eigenvalue weighted by Crippen LogP contribution is 2.36. The number of hydrogen-bond acceptors (Lipinski definition) is 6. The number of piperazine rings is 1. The Labute approximate surface area is 226 Å². The second-order valence-corrected chi connectivity index (χ2v) is 8.79. The van der Waals surface area contributed by atoms with Crippen LogP contribution >= 0.6 is 0 Å². The molecule has 0 unspecified atom stereocenters. The molecule has 0 saturated carbocycles. The number of aromatic carboxylic acids is 1. The van der Waals surface area contributed by atoms with E-state index in [1.54, 1.807) is 12.1 Å². The van der Waals surface area contributed by atoms with E-state index >= 15 is 0 Å². The standard InChI is InChI=1S/C16H18N4O3.C10H8F6N/c1-19-7-9-20(10-8-19)16-17-11-13(15(21)22)14(18-16)23-12-5-3-2-4-6-12;1-17-5-6-2-7(9(11,12)13)4-8(3-6)10(14,15)16/h2-6,11H,7-10H2,1H3,(H,21,22);2-4H,5H2,1H3/q;-1. The van der Waals surface area contributed by atoms with Crippen LogP contribution < -0.4 is 9.64 Å². The molecule has 0 bridgehead atoms. The lowest BCUT2D eigenvalue weighted by atomic mass is 10.0. The third-order valence-corrected chi connectivity index (χ3v) is 5.70. The monoisotopic (exact) mass is 570 g/mol. The fraction of sp³-hybridized carbons (Fsp3) is 0.346. The Bertz CT molecular complexity index is 1250. The number of likely N-dealkylation sites (N-methyl/N-ethyl adjacent to an activating group) is 1. The predicted molar refractivity (Wildman–Crippen MR) is 135 cm³/mol. The van der Waals surface area contributed by atoms with Gasteiger partial charge in [-0.15, -0.1) is 6.54 Å². The van der Waals surface area contributed by atoms with Crippen LogP contribution in [0.25, 0.3) is 5.32 Å². The number of ether oxygens (including phenoxy) is 1. The van der Waals surface area contributed by atoms with Crippen molar-refractivity contribution in [2.45, 2.75) is 18.9 Å². The second-order valence-electron chi connectivity index (χ2n) is 8.79. The van der Waals surface area contributed by atoms with Gasteiger partial charge in [-0.05, 0) is 37.4 Å². The summed E-state index contributed by atoms with van der Waals surface area (Å²) in [5.41, 5.74) is -2.79. The van der Waals surface area contributed by atoms with Crippen LogP contribution in [-0.4, -0.2) is 66.2 Å². The summed E-state index contributed by atoms with van der Waals surface area (Å²) < 4.78 is 79.9. The van der Waals surface area contributed by atoms with E-state index in [1.165, 1.54) is 13.2 Å². The molecule has 216 valence electrons. The summed E-state index contributed by atoms with van der Waals surface area (Å²) in [6.07, 6.45) is -8.30. The molecule has 0 spiro atoms. The number of nitrogens with zero attached hydrogens (tertiary/aromatic N) is 5. The molecule has 40 heavy (non-hydrogen) atoms. The molecule has 2 heterocycles. The number of para-hydroxylation sites is 1. The van der Waals surface area contributed by atoms with Gasteiger partial charge in [-0.25, -0.2) is 9.78 Å². The number of alkyl halides is 6. The van der Waals surface area contributed by atoms with Crippen molar-refractivity contribution in [3.63, 3.8) is 0 Å². The van der Waals surface area contributed by atoms with Crippen LogP contribution in [0, 0.1) is 0 Å². The number of halogens is 6. The van der Waals surface area contributed by atoms with Gasteiger partial charge in [0.1, 0.15) is 11.3 Å². The summed E-state index contributed by atoms with van der Waals surface area (Å²) >= 11 is 0. The Morgan fingerprint density at radius 3 is 2.05 bits per heavy atom. The van der Waals surface area contributed by atoms with Crippen molar-refractivity contribution in [3.05, 3.63) is 82.3 Å². The highest BCUT2D eigenvalue weighted by Gasteiger charge is 2.36. The number of hydrogen-bond donors (Lipinski definition) is 1. The Kier molecular flexibility index (Phi) is 9.93. The molecule has 1 aliphatic rings. The molecule has 1 saturated heterocycles. The van der Waals surface area contributed by atoms with Gasteiger partial charge in [0.25, 0.3) is 0 Å². The first-order valence-corrected chi connectivity index (χ1v) is 11.9. The number of carboxylic acid groups (broad SMARTS) is 1. The van der Waals surface area contributed by atoms with Crippen LogP contribution in [0.1, 0.15) is 27.0 Å². The Morgan fingerprint density at radius 2 is 1.55 bits per heavy atom. The number of rotatable bonds is 6. The molecule has 0 amide bonds. The van der Waals surface area contributed by atoms with Gasteiger partial charge in [0.2, 0.25) is 11.8 Å². The van der Waals surface area contributed by atoms with E-state index < -0.39 is 29.4 Å². The lowest BCUT2D eigenvalue weighted by Crippen LogP contribution is -2.45. The van der Waals surface area contributed by atoms with Gasteiger partial charge < -0.3 is 25.0 Å². The van der Waals surface area contributed by atoms with Crippen molar-refractivity contribution in [1.82, 2.24) is 14.9 Å². The second kappa shape index (κ2) is 13.0. The van der Waals surface area contributed by atoms with Crippen LogP contribution in [0.5, 0.6) is 11.6 Å². The van der Waals surface area contributed by atoms with Gasteiger partial charge in [0.15, 0.2) is 0 Å². The average molecular weight is 571 g/mol. The van der Waals surface area contributed by atoms with Crippen LogP contribution in [0.4, 0.5) is 32.3 Å². The maximum atomic E-state index is 12.4. The number of carboxylic acids is 1. The van der Waals surface area contributed by atoms with Crippen molar-refractivity contribution >= 4 is 11.9 Å². The SMILES string of the molecule is CN1CCN(c2ncc(C(=O)O)c(Oc3ccccc3)n2)CC1.C[N-]Cc1cc(C(F)(F)F)cc(C(F)(F)F)c1. The lowest BCUT2D eigenvalue weighted by molar-refractivity contribution is -0.143. The van der Waals surface area contributed by atoms with Crippen molar-refractivity contribution < 1.29 is 41.0 Å². The van der Waals surface area contributed by atoms with E-state index in [1.807, 2.05) is 23.1 Å². The largest absolute Gasteiger partial charge is 0.661 e. The molecule has 14 heteroatoms. The van der Waals surface area contributed by atoms with Crippen LogP contribution in [0.2, 0.25) is 0 Å². The molecule has 1 aromatic heterocycles. The van der Waals surface area contributed by atoms with Crippen LogP contribution in [0.15, 0.2) is 54.7 Å². The Hall–Kier alpha value is -3.91. The van der Waals surface area contributed by atoms with Gasteiger partial charge in [0, 0.05) is 26.2 Å². The van der Waals surface area contributed by atoms with Crippen molar-refractivity contribution in [1.29, 1.82) is 0 Å². The maximum Gasteiger partial charge on any atom is 0.416 e. The molecule has 0 atom stereocenters. The normalized spacial score (nSPS) is 14.3. The summed E-state index contributed by atoms with van der Waals surface area (Å²) in [5.74, 6) is -0.0134. The van der Waals surface area contributed by atoms with Crippen molar-refractivity contribution in [3.8, 4) is 11.6 Å². The number of benzene rings is 2. The molecule has 4 rings (SSSR count). The number of aromatic nitrogens is 2. The average Bonchev–Trinajstić information content (AvgIpc) is 2.89. The van der Waals surface area contributed by atoms with E-state index in [2.05, 4.69) is 27.2 Å². The first kappa shape index (κ1) is 30.6.